The van der Waals surface area contributed by atoms with Crippen LogP contribution in [0.15, 0.2) is 0 Å². The van der Waals surface area contributed by atoms with Gasteiger partial charge in [-0.2, -0.15) is 0 Å². The number of hydrogen-bond donors (Lipinski definition) is 0. The molecule has 11 heavy (non-hydrogen) atoms. The topological polar surface area (TPSA) is 9.23 Å². The van der Waals surface area contributed by atoms with E-state index in [2.05, 4.69) is 39.3 Å². The molecule has 3 heteroatoms. The number of methoxy groups -OCH3 is 1. The van der Waals surface area contributed by atoms with Gasteiger partial charge in [-0.05, 0) is 0 Å². The van der Waals surface area contributed by atoms with Crippen molar-refractivity contribution in [2.45, 2.75) is 44.6 Å². The molecule has 0 atom stereocenters. The van der Waals surface area contributed by atoms with Crippen LogP contribution in [0.4, 0.5) is 0 Å². The highest BCUT2D eigenvalue weighted by atomic mass is 28.4. The summed E-state index contributed by atoms with van der Waals surface area (Å²) in [6.45, 7) is 14.3. The normalized spacial score (nSPS) is 14.2. The molecular formula is C8H22OSi2. The lowest BCUT2D eigenvalue weighted by molar-refractivity contribution is 0.208. The Balaban J connectivity index is 4.43. The average Bonchev–Trinajstić information content (AvgIpc) is 1.56. The molecule has 0 N–H and O–H groups in total. The van der Waals surface area contributed by atoms with E-state index in [0.29, 0.717) is 5.35 Å². The number of hydrogen-bond acceptors (Lipinski definition) is 1. The van der Waals surface area contributed by atoms with E-state index in [-0.39, 0.29) is 0 Å². The highest BCUT2D eigenvalue weighted by molar-refractivity contribution is 6.96. The summed E-state index contributed by atoms with van der Waals surface area (Å²) in [5.41, 5.74) is 0. The maximum atomic E-state index is 5.60. The second kappa shape index (κ2) is 3.41. The highest BCUT2D eigenvalue weighted by Gasteiger charge is 2.37. The zero-order chi connectivity index (χ0) is 9.28. The van der Waals surface area contributed by atoms with Crippen LogP contribution in [0.5, 0.6) is 0 Å². The molecule has 0 heterocycles. The van der Waals surface area contributed by atoms with Gasteiger partial charge in [0.25, 0.3) is 0 Å². The molecule has 0 aromatic heterocycles. The third kappa shape index (κ3) is 3.53. The molecule has 0 rings (SSSR count). The Kier molecular flexibility index (Phi) is 3.53. The van der Waals surface area contributed by atoms with Crippen LogP contribution in [-0.4, -0.2) is 28.6 Å². The summed E-state index contributed by atoms with van der Waals surface area (Å²) in [7, 11) is -0.303. The first-order valence-corrected chi connectivity index (χ1v) is 11.4. The van der Waals surface area contributed by atoms with Crippen LogP contribution in [0, 0.1) is 0 Å². The second-order valence-corrected chi connectivity index (χ2v) is 16.4. The fourth-order valence-electron chi connectivity index (χ4n) is 2.01. The highest BCUT2D eigenvalue weighted by Crippen LogP contribution is 2.21. The Hall–Kier alpha value is 0.394. The summed E-state index contributed by atoms with van der Waals surface area (Å²) in [5.74, 6) is 0. The molecule has 0 aliphatic heterocycles. The molecule has 0 aliphatic rings. The predicted octanol–water partition coefficient (Wildman–Crippen LogP) is 2.76. The summed E-state index contributed by atoms with van der Waals surface area (Å²) in [4.78, 5) is 0. The second-order valence-electron chi connectivity index (χ2n) is 5.35. The lowest BCUT2D eigenvalue weighted by atomic mass is 11.5. The minimum Gasteiger partial charge on any atom is -0.388 e. The van der Waals surface area contributed by atoms with Crippen molar-refractivity contribution in [1.82, 2.24) is 0 Å². The molecule has 0 aromatic carbocycles. The lowest BCUT2D eigenvalue weighted by Gasteiger charge is -2.36. The molecular weight excluding hydrogens is 168 g/mol. The fraction of sp³-hybridized carbons (Fsp3) is 1.00. The molecule has 1 nitrogen and oxygen atoms in total. The van der Waals surface area contributed by atoms with Crippen molar-refractivity contribution in [2.24, 2.45) is 0 Å². The first-order valence-electron chi connectivity index (χ1n) is 4.22. The van der Waals surface area contributed by atoms with Gasteiger partial charge in [-0.15, -0.1) is 0 Å². The van der Waals surface area contributed by atoms with E-state index in [0.717, 1.165) is 0 Å². The van der Waals surface area contributed by atoms with Gasteiger partial charge in [-0.25, -0.2) is 0 Å². The van der Waals surface area contributed by atoms with Crippen molar-refractivity contribution in [3.63, 3.8) is 0 Å². The molecule has 0 saturated carbocycles. The van der Waals surface area contributed by atoms with E-state index >= 15 is 0 Å². The Morgan fingerprint density at radius 2 is 1.09 bits per heavy atom. The minimum atomic E-state index is -1.08. The van der Waals surface area contributed by atoms with Gasteiger partial charge in [0.2, 0.25) is 0 Å². The van der Waals surface area contributed by atoms with Gasteiger partial charge in [0.15, 0.2) is 0 Å². The molecule has 68 valence electrons. The number of rotatable bonds is 3. The van der Waals surface area contributed by atoms with Crippen LogP contribution in [0.3, 0.4) is 0 Å². The lowest BCUT2D eigenvalue weighted by Crippen LogP contribution is -2.54. The fourth-order valence-corrected chi connectivity index (χ4v) is 13.8. The van der Waals surface area contributed by atoms with Gasteiger partial charge < -0.3 is 4.74 Å². The summed E-state index contributed by atoms with van der Waals surface area (Å²) in [6.07, 6.45) is 0. The average molecular weight is 190 g/mol. The summed E-state index contributed by atoms with van der Waals surface area (Å²) in [6, 6.07) is 0. The zero-order valence-corrected chi connectivity index (χ0v) is 11.0. The van der Waals surface area contributed by atoms with Crippen LogP contribution < -0.4 is 0 Å². The van der Waals surface area contributed by atoms with Gasteiger partial charge in [0, 0.05) is 12.5 Å². The van der Waals surface area contributed by atoms with E-state index in [1.165, 1.54) is 0 Å². The molecule has 0 bridgehead atoms. The molecule has 0 fully saturated rings. The Morgan fingerprint density at radius 1 is 0.818 bits per heavy atom. The SMILES string of the molecule is COC([Si](C)(C)C)[Si](C)(C)C. The van der Waals surface area contributed by atoms with Gasteiger partial charge in [0.05, 0.1) is 16.1 Å². The smallest absolute Gasteiger partial charge is 0.0745 e. The van der Waals surface area contributed by atoms with Crippen LogP contribution in [0.2, 0.25) is 39.3 Å². The molecule has 0 aromatic rings. The summed E-state index contributed by atoms with van der Waals surface area (Å²) < 4.78 is 5.60. The summed E-state index contributed by atoms with van der Waals surface area (Å²) in [5, 5.41) is 0.593. The van der Waals surface area contributed by atoms with Crippen molar-refractivity contribution in [3.8, 4) is 0 Å². The van der Waals surface area contributed by atoms with E-state index in [1.807, 2.05) is 7.11 Å². The number of ether oxygens (including phenoxy) is 1. The van der Waals surface area contributed by atoms with Gasteiger partial charge in [-0.1, -0.05) is 39.3 Å². The molecule has 0 radical (unpaired) electrons. The monoisotopic (exact) mass is 190 g/mol. The van der Waals surface area contributed by atoms with Crippen molar-refractivity contribution in [3.05, 3.63) is 0 Å². The first kappa shape index (κ1) is 11.4. The van der Waals surface area contributed by atoms with Crippen LogP contribution >= 0.6 is 0 Å². The van der Waals surface area contributed by atoms with Crippen molar-refractivity contribution in [1.29, 1.82) is 0 Å². The van der Waals surface area contributed by atoms with Gasteiger partial charge in [0.1, 0.15) is 0 Å². The minimum absolute atomic E-state index is 0.593. The largest absolute Gasteiger partial charge is 0.388 e. The molecule has 0 saturated heterocycles. The molecule has 0 amide bonds. The predicted molar refractivity (Wildman–Crippen MR) is 57.5 cm³/mol. The molecule has 0 unspecified atom stereocenters. The molecule has 0 spiro atoms. The quantitative estimate of drug-likeness (QED) is 0.622. The van der Waals surface area contributed by atoms with Crippen molar-refractivity contribution < 1.29 is 4.74 Å². The molecule has 0 aliphatic carbocycles. The summed E-state index contributed by atoms with van der Waals surface area (Å²) >= 11 is 0. The Labute approximate surface area is 73.2 Å². The van der Waals surface area contributed by atoms with Crippen molar-refractivity contribution in [2.75, 3.05) is 7.11 Å². The third-order valence-electron chi connectivity index (χ3n) is 1.81. The Morgan fingerprint density at radius 3 is 1.09 bits per heavy atom. The maximum Gasteiger partial charge on any atom is 0.0745 e. The first-order chi connectivity index (χ1) is 4.69. The van der Waals surface area contributed by atoms with E-state index in [4.69, 9.17) is 4.74 Å². The van der Waals surface area contributed by atoms with Gasteiger partial charge in [-0.3, -0.25) is 0 Å². The van der Waals surface area contributed by atoms with E-state index in [9.17, 15) is 0 Å². The maximum absolute atomic E-state index is 5.60. The van der Waals surface area contributed by atoms with E-state index < -0.39 is 16.1 Å². The van der Waals surface area contributed by atoms with Crippen LogP contribution in [0.25, 0.3) is 0 Å². The van der Waals surface area contributed by atoms with Crippen LogP contribution in [-0.2, 0) is 4.74 Å². The van der Waals surface area contributed by atoms with Crippen molar-refractivity contribution >= 4 is 16.1 Å². The van der Waals surface area contributed by atoms with Crippen LogP contribution in [0.1, 0.15) is 0 Å². The third-order valence-corrected chi connectivity index (χ3v) is 10.6. The van der Waals surface area contributed by atoms with Gasteiger partial charge >= 0.3 is 0 Å². The van der Waals surface area contributed by atoms with E-state index in [1.54, 1.807) is 0 Å². The zero-order valence-electron chi connectivity index (χ0n) is 8.99. The Bertz CT molecular complexity index is 107. The standard InChI is InChI=1S/C8H22OSi2/c1-9-8(10(2,3)4)11(5,6)7/h8H,1-7H3.